The first kappa shape index (κ1) is 26.9. The van der Waals surface area contributed by atoms with Crippen molar-refractivity contribution in [3.8, 4) is 17.2 Å². The number of benzene rings is 2. The highest BCUT2D eigenvalue weighted by Gasteiger charge is 2.48. The monoisotopic (exact) mass is 532 g/mol. The van der Waals surface area contributed by atoms with Crippen molar-refractivity contribution in [3.63, 3.8) is 0 Å². The third-order valence-electron chi connectivity index (χ3n) is 5.94. The lowest BCUT2D eigenvalue weighted by Gasteiger charge is -2.19. The molecule has 3 aromatic rings. The highest BCUT2D eigenvalue weighted by atomic mass is 19.4. The topological polar surface area (TPSA) is 116 Å². The van der Waals surface area contributed by atoms with Crippen LogP contribution in [0.25, 0.3) is 0 Å². The van der Waals surface area contributed by atoms with Gasteiger partial charge in [0.25, 0.3) is 0 Å². The molecule has 2 atom stereocenters. The van der Waals surface area contributed by atoms with Gasteiger partial charge in [0.05, 0.1) is 5.56 Å². The van der Waals surface area contributed by atoms with Crippen LogP contribution in [0.5, 0.6) is 17.2 Å². The van der Waals surface area contributed by atoms with E-state index in [1.165, 1.54) is 12.6 Å². The molecule has 1 aliphatic carbocycles. The number of amides is 2. The third-order valence-corrected chi connectivity index (χ3v) is 5.94. The number of ether oxygens (including phenoxy) is 2. The van der Waals surface area contributed by atoms with E-state index >= 15 is 0 Å². The van der Waals surface area contributed by atoms with Gasteiger partial charge >= 0.3 is 6.18 Å². The van der Waals surface area contributed by atoms with Gasteiger partial charge in [-0.05, 0) is 62.4 Å². The number of hydrogen-bond donors (Lipinski definition) is 3. The maximum Gasteiger partial charge on any atom is 0.416 e. The number of carbonyl (C=O) groups is 2. The number of pyridine rings is 1. The van der Waals surface area contributed by atoms with E-state index in [0.29, 0.717) is 42.8 Å². The Morgan fingerprint density at radius 3 is 2.68 bits per heavy atom. The van der Waals surface area contributed by atoms with E-state index < -0.39 is 17.6 Å². The van der Waals surface area contributed by atoms with Gasteiger partial charge in [-0.2, -0.15) is 13.2 Å². The van der Waals surface area contributed by atoms with Gasteiger partial charge in [-0.25, -0.2) is 9.37 Å². The summed E-state index contributed by atoms with van der Waals surface area (Å²) < 4.78 is 60.8. The van der Waals surface area contributed by atoms with Crippen LogP contribution in [-0.4, -0.2) is 30.5 Å². The number of nitrogens with two attached hydrogens (primary N) is 1. The van der Waals surface area contributed by atoms with Crippen LogP contribution in [0.4, 0.5) is 29.1 Å². The summed E-state index contributed by atoms with van der Waals surface area (Å²) in [7, 11) is 1.50. The predicted molar refractivity (Wildman–Crippen MR) is 131 cm³/mol. The first-order chi connectivity index (χ1) is 18.2. The summed E-state index contributed by atoms with van der Waals surface area (Å²) in [5.74, 6) is 2.66. The molecule has 1 fully saturated rings. The fraction of sp³-hybridized carbons (Fsp3) is 0.269. The highest BCUT2D eigenvalue weighted by Crippen LogP contribution is 2.54. The number of nitrogens with zero attached hydrogens (tertiary/aromatic N) is 1. The average Bonchev–Trinajstić information content (AvgIpc) is 3.56. The second-order valence-corrected chi connectivity index (χ2v) is 8.47. The number of alkyl halides is 3. The van der Waals surface area contributed by atoms with E-state index in [0.717, 1.165) is 35.3 Å². The molecule has 12 heteroatoms. The molecular weight excluding hydrogens is 508 g/mol. The van der Waals surface area contributed by atoms with Gasteiger partial charge in [0.15, 0.2) is 0 Å². The quantitative estimate of drug-likeness (QED) is 0.322. The molecule has 8 nitrogen and oxygen atoms in total. The van der Waals surface area contributed by atoms with Crippen LogP contribution in [0, 0.1) is 5.82 Å². The van der Waals surface area contributed by atoms with Crippen LogP contribution in [0.1, 0.15) is 35.4 Å². The molecule has 0 spiro atoms. The molecule has 0 saturated heterocycles. The van der Waals surface area contributed by atoms with Crippen molar-refractivity contribution < 1.29 is 36.6 Å². The van der Waals surface area contributed by atoms with Gasteiger partial charge in [0, 0.05) is 35.3 Å². The summed E-state index contributed by atoms with van der Waals surface area (Å²) in [5, 5.41) is 4.73. The largest absolute Gasteiger partial charge is 0.489 e. The molecule has 1 aromatic heterocycles. The summed E-state index contributed by atoms with van der Waals surface area (Å²) in [6.07, 6.45) is -0.162. The zero-order chi connectivity index (χ0) is 27.4. The number of nitrogens with one attached hydrogen (secondary N) is 2. The first-order valence-electron chi connectivity index (χ1n) is 11.6. The predicted octanol–water partition coefficient (Wildman–Crippen LogP) is 4.99. The lowest BCUT2D eigenvalue weighted by atomic mass is 10.1. The number of aromatic nitrogens is 1. The summed E-state index contributed by atoms with van der Waals surface area (Å²) >= 11 is 0. The molecule has 0 bridgehead atoms. The van der Waals surface area contributed by atoms with Crippen molar-refractivity contribution in [1.29, 1.82) is 0 Å². The van der Waals surface area contributed by atoms with Crippen LogP contribution in [0.2, 0.25) is 0 Å². The third kappa shape index (κ3) is 6.02. The van der Waals surface area contributed by atoms with E-state index in [2.05, 4.69) is 22.1 Å². The Kier molecular flexibility index (Phi) is 7.81. The molecule has 2 amide bonds. The van der Waals surface area contributed by atoms with E-state index in [1.54, 1.807) is 6.20 Å². The molecule has 4 N–H and O–H groups in total. The number of fused-ring (bicyclic) bond motifs is 4. The van der Waals surface area contributed by atoms with Crippen LogP contribution in [0.3, 0.4) is 0 Å². The summed E-state index contributed by atoms with van der Waals surface area (Å²) in [4.78, 5) is 25.6. The minimum atomic E-state index is -4.62. The Morgan fingerprint density at radius 2 is 1.95 bits per heavy atom. The van der Waals surface area contributed by atoms with Gasteiger partial charge in [0.2, 0.25) is 12.3 Å². The van der Waals surface area contributed by atoms with E-state index in [4.69, 9.17) is 9.47 Å². The molecule has 1 saturated carbocycles. The maximum atomic E-state index is 12.6. The Bertz CT molecular complexity index is 1350. The van der Waals surface area contributed by atoms with Crippen molar-refractivity contribution in [1.82, 2.24) is 4.98 Å². The second kappa shape index (κ2) is 11.1. The molecule has 2 aliphatic heterocycles. The van der Waals surface area contributed by atoms with Gasteiger partial charge in [-0.3, -0.25) is 9.59 Å². The van der Waals surface area contributed by atoms with Crippen LogP contribution in [-0.2, 0) is 22.2 Å². The lowest BCUT2D eigenvalue weighted by molar-refractivity contribution is -0.137. The Balaban J connectivity index is 0.000000183. The molecule has 2 unspecified atom stereocenters. The minimum Gasteiger partial charge on any atom is -0.489 e. The number of rotatable bonds is 4. The summed E-state index contributed by atoms with van der Waals surface area (Å²) in [6.45, 7) is 0. The highest BCUT2D eigenvalue weighted by molar-refractivity contribution is 5.93. The smallest absolute Gasteiger partial charge is 0.416 e. The fourth-order valence-electron chi connectivity index (χ4n) is 4.16. The van der Waals surface area contributed by atoms with E-state index in [9.17, 15) is 27.2 Å². The van der Waals surface area contributed by atoms with Gasteiger partial charge in [0.1, 0.15) is 35.0 Å². The Hall–Kier alpha value is -4.19. The summed E-state index contributed by atoms with van der Waals surface area (Å²) in [6, 6.07) is 9.63. The van der Waals surface area contributed by atoms with E-state index in [-0.39, 0.29) is 18.0 Å². The molecule has 6 rings (SSSR count). The molecule has 0 radical (unpaired) electrons. The minimum absolute atomic E-state index is 0.00612. The molecule has 38 heavy (non-hydrogen) atoms. The fourth-order valence-corrected chi connectivity index (χ4v) is 4.16. The van der Waals surface area contributed by atoms with Gasteiger partial charge in [-0.15, -0.1) is 0 Å². The number of anilines is 2. The van der Waals surface area contributed by atoms with Crippen LogP contribution < -0.4 is 25.8 Å². The lowest BCUT2D eigenvalue weighted by Crippen LogP contribution is -2.20. The number of halogens is 4. The normalized spacial score (nSPS) is 18.0. The number of carbonyl (C=O) groups excluding carboxylic acids is 2. The van der Waals surface area contributed by atoms with Crippen molar-refractivity contribution >= 4 is 23.8 Å². The first-order valence-corrected chi connectivity index (χ1v) is 11.6. The molecule has 3 heterocycles. The Morgan fingerprint density at radius 1 is 1.16 bits per heavy atom. The van der Waals surface area contributed by atoms with E-state index in [1.807, 2.05) is 23.5 Å². The average molecular weight is 532 g/mol. The van der Waals surface area contributed by atoms with Crippen LogP contribution in [0.15, 0.2) is 48.7 Å². The SMILES string of the molecule is CN.O=C1CCc2c(Oc3ccc4c(c3)C3CC3O4)ccnc2N1.O=CNc1cc(F)cc(C(F)(F)F)c1. The maximum absolute atomic E-state index is 12.6. The zero-order valence-electron chi connectivity index (χ0n) is 20.1. The Labute approximate surface area is 215 Å². The van der Waals surface area contributed by atoms with Crippen molar-refractivity contribution in [2.24, 2.45) is 5.73 Å². The van der Waals surface area contributed by atoms with Crippen molar-refractivity contribution in [2.75, 3.05) is 17.7 Å². The molecule has 2 aromatic carbocycles. The van der Waals surface area contributed by atoms with Crippen molar-refractivity contribution in [2.45, 2.75) is 37.5 Å². The van der Waals surface area contributed by atoms with Crippen molar-refractivity contribution in [3.05, 3.63) is 71.2 Å². The second-order valence-electron chi connectivity index (χ2n) is 8.47. The standard InChI is InChI=1S/C17H14N2O3.C8H5F4NO.CH5N/c20-16-4-2-10-14(5-6-18-17(10)19-16)21-9-1-3-13-11(7-9)12-8-15(12)22-13;9-6-1-5(8(10,11)12)2-7(3-6)13-4-14;1-2/h1,3,5-7,12,15H,2,4,8H2,(H,18,19,20);1-4H,(H,13,14);2H2,1H3. The summed E-state index contributed by atoms with van der Waals surface area (Å²) in [5.41, 5.74) is 5.34. The molecule has 3 aliphatic rings. The number of hydrogen-bond acceptors (Lipinski definition) is 6. The van der Waals surface area contributed by atoms with Crippen LogP contribution >= 0.6 is 0 Å². The van der Waals surface area contributed by atoms with Gasteiger partial charge < -0.3 is 25.8 Å². The molecule has 200 valence electrons. The molecular formula is C26H24F4N4O4. The zero-order valence-corrected chi connectivity index (χ0v) is 20.1. The van der Waals surface area contributed by atoms with Gasteiger partial charge in [-0.1, -0.05) is 0 Å².